The van der Waals surface area contributed by atoms with Crippen molar-refractivity contribution in [2.24, 2.45) is 5.73 Å². The van der Waals surface area contributed by atoms with Crippen molar-refractivity contribution in [1.82, 2.24) is 0 Å². The van der Waals surface area contributed by atoms with Gasteiger partial charge in [-0.25, -0.2) is 4.39 Å². The van der Waals surface area contributed by atoms with Crippen LogP contribution < -0.4 is 10.6 Å². The Balaban J connectivity index is 2.73. The maximum absolute atomic E-state index is 13.5. The van der Waals surface area contributed by atoms with Crippen LogP contribution in [0.1, 0.15) is 6.42 Å². The third kappa shape index (κ3) is 3.51. The Kier molecular flexibility index (Phi) is 5.06. The molecule has 0 fully saturated rings. The first-order chi connectivity index (χ1) is 8.10. The van der Waals surface area contributed by atoms with Crippen LogP contribution in [0.3, 0.4) is 0 Å². The minimum absolute atomic E-state index is 0.137. The number of rotatable bonds is 5. The minimum atomic E-state index is -0.426. The zero-order chi connectivity index (χ0) is 12.8. The molecule has 17 heavy (non-hydrogen) atoms. The summed E-state index contributed by atoms with van der Waals surface area (Å²) >= 11 is 0. The van der Waals surface area contributed by atoms with E-state index in [1.54, 1.807) is 18.2 Å². The van der Waals surface area contributed by atoms with Gasteiger partial charge in [0.1, 0.15) is 5.82 Å². The second-order valence-electron chi connectivity index (χ2n) is 3.70. The standard InChI is InChI=1S/C12H17FN2O2/c1-15(11-6-4-3-5-10(11)13)12(16)7-9(8-14)17-2/h3-6,9H,7-8,14H2,1-2H3. The number of nitrogens with zero attached hydrogens (tertiary/aromatic N) is 1. The summed E-state index contributed by atoms with van der Waals surface area (Å²) in [5.74, 6) is -0.655. The lowest BCUT2D eigenvalue weighted by molar-refractivity contribution is -0.120. The number of hydrogen-bond acceptors (Lipinski definition) is 3. The van der Waals surface area contributed by atoms with Crippen LogP contribution in [0, 0.1) is 5.82 Å². The zero-order valence-corrected chi connectivity index (χ0v) is 10.0. The molecule has 0 aromatic heterocycles. The van der Waals surface area contributed by atoms with Crippen molar-refractivity contribution in [3.8, 4) is 0 Å². The van der Waals surface area contributed by atoms with Crippen molar-refractivity contribution in [2.75, 3.05) is 25.6 Å². The van der Waals surface area contributed by atoms with Crippen molar-refractivity contribution in [1.29, 1.82) is 0 Å². The van der Waals surface area contributed by atoms with E-state index in [0.717, 1.165) is 0 Å². The number of ether oxygens (including phenoxy) is 1. The van der Waals surface area contributed by atoms with Crippen LogP contribution in [0.25, 0.3) is 0 Å². The molecule has 0 saturated heterocycles. The van der Waals surface area contributed by atoms with Crippen LogP contribution in [0.15, 0.2) is 24.3 Å². The van der Waals surface area contributed by atoms with E-state index in [2.05, 4.69) is 0 Å². The molecule has 0 aliphatic rings. The Hall–Kier alpha value is -1.46. The Morgan fingerprint density at radius 3 is 2.71 bits per heavy atom. The molecule has 1 unspecified atom stereocenters. The van der Waals surface area contributed by atoms with E-state index < -0.39 is 5.82 Å². The summed E-state index contributed by atoms with van der Waals surface area (Å²) in [5.41, 5.74) is 5.68. The Morgan fingerprint density at radius 1 is 1.53 bits per heavy atom. The fraction of sp³-hybridized carbons (Fsp3) is 0.417. The maximum Gasteiger partial charge on any atom is 0.229 e. The summed E-state index contributed by atoms with van der Waals surface area (Å²) in [5, 5.41) is 0. The van der Waals surface area contributed by atoms with E-state index in [-0.39, 0.29) is 30.7 Å². The summed E-state index contributed by atoms with van der Waals surface area (Å²) in [7, 11) is 3.03. The number of carbonyl (C=O) groups is 1. The van der Waals surface area contributed by atoms with Crippen LogP contribution in [-0.4, -0.2) is 32.7 Å². The average Bonchev–Trinajstić information content (AvgIpc) is 2.35. The Labute approximate surface area is 100 Å². The predicted octanol–water partition coefficient (Wildman–Crippen LogP) is 1.15. The zero-order valence-electron chi connectivity index (χ0n) is 10.0. The molecular formula is C12H17FN2O2. The molecule has 4 nitrogen and oxygen atoms in total. The van der Waals surface area contributed by atoms with Crippen molar-refractivity contribution < 1.29 is 13.9 Å². The Bertz CT molecular complexity index is 381. The summed E-state index contributed by atoms with van der Waals surface area (Å²) < 4.78 is 18.5. The Morgan fingerprint density at radius 2 is 2.18 bits per heavy atom. The van der Waals surface area contributed by atoms with Gasteiger partial charge in [-0.05, 0) is 12.1 Å². The average molecular weight is 240 g/mol. The van der Waals surface area contributed by atoms with Crippen LogP contribution >= 0.6 is 0 Å². The predicted molar refractivity (Wildman–Crippen MR) is 64.3 cm³/mol. The lowest BCUT2D eigenvalue weighted by atomic mass is 10.2. The van der Waals surface area contributed by atoms with E-state index in [4.69, 9.17) is 10.5 Å². The molecule has 1 atom stereocenters. The number of halogens is 1. The number of amides is 1. The van der Waals surface area contributed by atoms with E-state index in [0.29, 0.717) is 0 Å². The van der Waals surface area contributed by atoms with Gasteiger partial charge < -0.3 is 15.4 Å². The molecule has 94 valence electrons. The number of hydrogen-bond donors (Lipinski definition) is 1. The first-order valence-electron chi connectivity index (χ1n) is 5.34. The number of anilines is 1. The molecule has 1 amide bonds. The number of para-hydroxylation sites is 1. The molecule has 0 aliphatic heterocycles. The van der Waals surface area contributed by atoms with E-state index in [9.17, 15) is 9.18 Å². The van der Waals surface area contributed by atoms with E-state index in [1.165, 1.54) is 25.1 Å². The number of nitrogens with two attached hydrogens (primary N) is 1. The fourth-order valence-electron chi connectivity index (χ4n) is 1.45. The quantitative estimate of drug-likeness (QED) is 0.840. The SMILES string of the molecule is COC(CN)CC(=O)N(C)c1ccccc1F. The van der Waals surface area contributed by atoms with Gasteiger partial charge in [-0.2, -0.15) is 0 Å². The van der Waals surface area contributed by atoms with Crippen molar-refractivity contribution >= 4 is 11.6 Å². The first kappa shape index (κ1) is 13.6. The van der Waals surface area contributed by atoms with Gasteiger partial charge in [-0.3, -0.25) is 4.79 Å². The molecule has 0 spiro atoms. The summed E-state index contributed by atoms with van der Waals surface area (Å²) in [6.45, 7) is 0.257. The third-order valence-electron chi connectivity index (χ3n) is 2.59. The molecule has 0 saturated carbocycles. The van der Waals surface area contributed by atoms with Crippen LogP contribution in [0.5, 0.6) is 0 Å². The largest absolute Gasteiger partial charge is 0.380 e. The van der Waals surface area contributed by atoms with E-state index >= 15 is 0 Å². The molecule has 1 aromatic carbocycles. The number of methoxy groups -OCH3 is 1. The van der Waals surface area contributed by atoms with Crippen LogP contribution in [0.4, 0.5) is 10.1 Å². The number of carbonyl (C=O) groups excluding carboxylic acids is 1. The normalized spacial score (nSPS) is 12.2. The van der Waals surface area contributed by atoms with Crippen molar-refractivity contribution in [2.45, 2.75) is 12.5 Å². The van der Waals surface area contributed by atoms with Gasteiger partial charge in [0.25, 0.3) is 0 Å². The fourth-order valence-corrected chi connectivity index (χ4v) is 1.45. The van der Waals surface area contributed by atoms with E-state index in [1.807, 2.05) is 0 Å². The molecule has 1 aromatic rings. The molecule has 5 heteroatoms. The highest BCUT2D eigenvalue weighted by atomic mass is 19.1. The highest BCUT2D eigenvalue weighted by Gasteiger charge is 2.18. The molecule has 1 rings (SSSR count). The van der Waals surface area contributed by atoms with Gasteiger partial charge in [0.15, 0.2) is 0 Å². The maximum atomic E-state index is 13.5. The molecule has 0 aliphatic carbocycles. The monoisotopic (exact) mass is 240 g/mol. The third-order valence-corrected chi connectivity index (χ3v) is 2.59. The minimum Gasteiger partial charge on any atom is -0.380 e. The summed E-state index contributed by atoms with van der Waals surface area (Å²) in [4.78, 5) is 13.1. The first-order valence-corrected chi connectivity index (χ1v) is 5.34. The van der Waals surface area contributed by atoms with Gasteiger partial charge in [0.2, 0.25) is 5.91 Å². The molecular weight excluding hydrogens is 223 g/mol. The van der Waals surface area contributed by atoms with Gasteiger partial charge >= 0.3 is 0 Å². The smallest absolute Gasteiger partial charge is 0.229 e. The van der Waals surface area contributed by atoms with Gasteiger partial charge in [-0.1, -0.05) is 12.1 Å². The highest BCUT2D eigenvalue weighted by molar-refractivity contribution is 5.93. The second-order valence-corrected chi connectivity index (χ2v) is 3.70. The number of benzene rings is 1. The van der Waals surface area contributed by atoms with Gasteiger partial charge in [0, 0.05) is 20.7 Å². The molecule has 0 radical (unpaired) electrons. The molecule has 2 N–H and O–H groups in total. The van der Waals surface area contributed by atoms with Gasteiger partial charge in [-0.15, -0.1) is 0 Å². The lowest BCUT2D eigenvalue weighted by Gasteiger charge is -2.20. The topological polar surface area (TPSA) is 55.6 Å². The highest BCUT2D eigenvalue weighted by Crippen LogP contribution is 2.18. The summed E-state index contributed by atoms with van der Waals surface area (Å²) in [6.07, 6.45) is -0.200. The lowest BCUT2D eigenvalue weighted by Crippen LogP contribution is -2.34. The molecule has 0 heterocycles. The second kappa shape index (κ2) is 6.32. The van der Waals surface area contributed by atoms with Crippen LogP contribution in [-0.2, 0) is 9.53 Å². The van der Waals surface area contributed by atoms with Crippen LogP contribution in [0.2, 0.25) is 0 Å². The van der Waals surface area contributed by atoms with Gasteiger partial charge in [0.05, 0.1) is 18.2 Å². The van der Waals surface area contributed by atoms with Crippen molar-refractivity contribution in [3.63, 3.8) is 0 Å². The van der Waals surface area contributed by atoms with Crippen molar-refractivity contribution in [3.05, 3.63) is 30.1 Å². The molecule has 0 bridgehead atoms. The summed E-state index contributed by atoms with van der Waals surface area (Å²) in [6, 6.07) is 6.13.